The molecule has 72 valence electrons. The molecule has 2 heteroatoms. The predicted molar refractivity (Wildman–Crippen MR) is 53.1 cm³/mol. The third-order valence-electron chi connectivity index (χ3n) is 3.35. The summed E-state index contributed by atoms with van der Waals surface area (Å²) in [6.45, 7) is 0. The van der Waals surface area contributed by atoms with Crippen LogP contribution in [0.25, 0.3) is 0 Å². The Hall–Kier alpha value is -0.790. The minimum atomic E-state index is 0.359. The average Bonchev–Trinajstić information content (AvgIpc) is 2.19. The molecule has 2 nitrogen and oxygen atoms in total. The van der Waals surface area contributed by atoms with E-state index in [0.717, 1.165) is 18.6 Å². The SMILES string of the molecule is O/N=C1/CCCC2(C=CCCC2)C1. The molecular weight excluding hydrogens is 162 g/mol. The first-order chi connectivity index (χ1) is 6.35. The van der Waals surface area contributed by atoms with Crippen molar-refractivity contribution in [1.82, 2.24) is 0 Å². The molecular formula is C11H17NO. The molecule has 0 bridgehead atoms. The van der Waals surface area contributed by atoms with Crippen LogP contribution in [-0.2, 0) is 0 Å². The Morgan fingerprint density at radius 1 is 1.31 bits per heavy atom. The van der Waals surface area contributed by atoms with E-state index in [1.807, 2.05) is 0 Å². The molecule has 1 N–H and O–H groups in total. The second-order valence-electron chi connectivity index (χ2n) is 4.35. The molecule has 1 unspecified atom stereocenters. The molecule has 1 atom stereocenters. The summed E-state index contributed by atoms with van der Waals surface area (Å²) < 4.78 is 0. The van der Waals surface area contributed by atoms with Gasteiger partial charge in [0.2, 0.25) is 0 Å². The summed E-state index contributed by atoms with van der Waals surface area (Å²) in [5, 5.41) is 12.1. The molecule has 2 aliphatic rings. The third-order valence-corrected chi connectivity index (χ3v) is 3.35. The van der Waals surface area contributed by atoms with Gasteiger partial charge in [0, 0.05) is 0 Å². The van der Waals surface area contributed by atoms with Crippen molar-refractivity contribution in [2.45, 2.75) is 44.9 Å². The molecule has 1 fully saturated rings. The van der Waals surface area contributed by atoms with E-state index in [1.165, 1.54) is 32.1 Å². The van der Waals surface area contributed by atoms with Gasteiger partial charge in [-0.3, -0.25) is 0 Å². The lowest BCUT2D eigenvalue weighted by Crippen LogP contribution is -2.28. The van der Waals surface area contributed by atoms with Crippen LogP contribution in [-0.4, -0.2) is 10.9 Å². The highest BCUT2D eigenvalue weighted by atomic mass is 16.4. The highest BCUT2D eigenvalue weighted by molar-refractivity contribution is 5.85. The van der Waals surface area contributed by atoms with Gasteiger partial charge in [0.05, 0.1) is 5.71 Å². The number of hydrogen-bond donors (Lipinski definition) is 1. The van der Waals surface area contributed by atoms with Crippen LogP contribution in [0.1, 0.15) is 44.9 Å². The zero-order chi connectivity index (χ0) is 9.15. The first-order valence-corrected chi connectivity index (χ1v) is 5.22. The maximum Gasteiger partial charge on any atom is 0.0579 e. The van der Waals surface area contributed by atoms with Gasteiger partial charge in [-0.25, -0.2) is 0 Å². The standard InChI is InChI=1S/C11H17NO/c13-12-10-5-4-8-11(9-10)6-2-1-3-7-11/h2,6,13H,1,3-5,7-9H2/b12-10-. The van der Waals surface area contributed by atoms with Crippen LogP contribution in [0, 0.1) is 5.41 Å². The number of oxime groups is 1. The molecule has 0 saturated heterocycles. The highest BCUT2D eigenvalue weighted by Crippen LogP contribution is 2.42. The van der Waals surface area contributed by atoms with E-state index in [0.29, 0.717) is 5.41 Å². The van der Waals surface area contributed by atoms with Gasteiger partial charge in [0.25, 0.3) is 0 Å². The maximum absolute atomic E-state index is 8.77. The maximum atomic E-state index is 8.77. The number of nitrogens with zero attached hydrogens (tertiary/aromatic N) is 1. The number of allylic oxidation sites excluding steroid dienone is 2. The van der Waals surface area contributed by atoms with Gasteiger partial charge in [-0.05, 0) is 50.4 Å². The molecule has 1 spiro atoms. The smallest absolute Gasteiger partial charge is 0.0579 e. The van der Waals surface area contributed by atoms with Gasteiger partial charge in [-0.1, -0.05) is 17.3 Å². The van der Waals surface area contributed by atoms with E-state index < -0.39 is 0 Å². The van der Waals surface area contributed by atoms with E-state index in [-0.39, 0.29) is 0 Å². The lowest BCUT2D eigenvalue weighted by atomic mass is 9.68. The Morgan fingerprint density at radius 3 is 2.85 bits per heavy atom. The fourth-order valence-corrected chi connectivity index (χ4v) is 2.66. The monoisotopic (exact) mass is 179 g/mol. The normalized spacial score (nSPS) is 37.1. The molecule has 2 aliphatic carbocycles. The fourth-order valence-electron chi connectivity index (χ4n) is 2.66. The Balaban J connectivity index is 2.13. The summed E-state index contributed by atoms with van der Waals surface area (Å²) in [6.07, 6.45) is 12.9. The minimum absolute atomic E-state index is 0.359. The van der Waals surface area contributed by atoms with Crippen LogP contribution in [0.4, 0.5) is 0 Å². The van der Waals surface area contributed by atoms with E-state index in [1.54, 1.807) is 0 Å². The van der Waals surface area contributed by atoms with E-state index in [2.05, 4.69) is 17.3 Å². The van der Waals surface area contributed by atoms with Crippen molar-refractivity contribution in [1.29, 1.82) is 0 Å². The van der Waals surface area contributed by atoms with Crippen molar-refractivity contribution in [2.24, 2.45) is 10.6 Å². The van der Waals surface area contributed by atoms with E-state index in [4.69, 9.17) is 5.21 Å². The van der Waals surface area contributed by atoms with Crippen molar-refractivity contribution in [3.05, 3.63) is 12.2 Å². The van der Waals surface area contributed by atoms with Gasteiger partial charge in [0.15, 0.2) is 0 Å². The molecule has 1 saturated carbocycles. The van der Waals surface area contributed by atoms with Crippen LogP contribution >= 0.6 is 0 Å². The average molecular weight is 179 g/mol. The molecule has 0 aromatic rings. The summed E-state index contributed by atoms with van der Waals surface area (Å²) >= 11 is 0. The molecule has 0 heterocycles. The highest BCUT2D eigenvalue weighted by Gasteiger charge is 2.33. The molecule has 0 amide bonds. The Labute approximate surface area is 79.3 Å². The Bertz CT molecular complexity index is 244. The summed E-state index contributed by atoms with van der Waals surface area (Å²) in [6, 6.07) is 0. The first-order valence-electron chi connectivity index (χ1n) is 5.22. The zero-order valence-corrected chi connectivity index (χ0v) is 8.00. The van der Waals surface area contributed by atoms with Gasteiger partial charge in [-0.2, -0.15) is 0 Å². The van der Waals surface area contributed by atoms with Gasteiger partial charge < -0.3 is 5.21 Å². The molecule has 13 heavy (non-hydrogen) atoms. The van der Waals surface area contributed by atoms with Gasteiger partial charge in [-0.15, -0.1) is 0 Å². The van der Waals surface area contributed by atoms with Crippen molar-refractivity contribution in [3.8, 4) is 0 Å². The molecule has 0 aromatic carbocycles. The van der Waals surface area contributed by atoms with Crippen LogP contribution in [0.15, 0.2) is 17.3 Å². The fraction of sp³-hybridized carbons (Fsp3) is 0.727. The molecule has 0 radical (unpaired) electrons. The van der Waals surface area contributed by atoms with Gasteiger partial charge in [0.1, 0.15) is 0 Å². The first kappa shape index (κ1) is 8.79. The minimum Gasteiger partial charge on any atom is -0.411 e. The second kappa shape index (κ2) is 3.52. The lowest BCUT2D eigenvalue weighted by Gasteiger charge is -2.36. The molecule has 0 aromatic heterocycles. The Morgan fingerprint density at radius 2 is 2.15 bits per heavy atom. The van der Waals surface area contributed by atoms with Crippen LogP contribution in [0.2, 0.25) is 0 Å². The predicted octanol–water partition coefficient (Wildman–Crippen LogP) is 3.12. The summed E-state index contributed by atoms with van der Waals surface area (Å²) in [4.78, 5) is 0. The van der Waals surface area contributed by atoms with Crippen molar-refractivity contribution in [3.63, 3.8) is 0 Å². The van der Waals surface area contributed by atoms with Gasteiger partial charge >= 0.3 is 0 Å². The molecule has 2 rings (SSSR count). The van der Waals surface area contributed by atoms with Crippen molar-refractivity contribution >= 4 is 5.71 Å². The van der Waals surface area contributed by atoms with Crippen LogP contribution in [0.5, 0.6) is 0 Å². The second-order valence-corrected chi connectivity index (χ2v) is 4.35. The Kier molecular flexibility index (Phi) is 2.38. The van der Waals surface area contributed by atoms with Crippen LogP contribution in [0.3, 0.4) is 0 Å². The third kappa shape index (κ3) is 1.77. The quantitative estimate of drug-likeness (QED) is 0.346. The summed E-state index contributed by atoms with van der Waals surface area (Å²) in [7, 11) is 0. The van der Waals surface area contributed by atoms with Crippen LogP contribution < -0.4 is 0 Å². The van der Waals surface area contributed by atoms with E-state index >= 15 is 0 Å². The summed E-state index contributed by atoms with van der Waals surface area (Å²) in [5.41, 5.74) is 1.36. The molecule has 0 aliphatic heterocycles. The largest absolute Gasteiger partial charge is 0.411 e. The van der Waals surface area contributed by atoms with Crippen molar-refractivity contribution in [2.75, 3.05) is 0 Å². The topological polar surface area (TPSA) is 32.6 Å². The lowest BCUT2D eigenvalue weighted by molar-refractivity contribution is 0.271. The number of hydrogen-bond acceptors (Lipinski definition) is 2. The van der Waals surface area contributed by atoms with Crippen molar-refractivity contribution < 1.29 is 5.21 Å². The number of rotatable bonds is 0. The zero-order valence-electron chi connectivity index (χ0n) is 8.00. The summed E-state index contributed by atoms with van der Waals surface area (Å²) in [5.74, 6) is 0. The van der Waals surface area contributed by atoms with E-state index in [9.17, 15) is 0 Å².